The van der Waals surface area contributed by atoms with E-state index in [9.17, 15) is 18.4 Å². The van der Waals surface area contributed by atoms with Gasteiger partial charge in [0.25, 0.3) is 11.8 Å². The monoisotopic (exact) mass is 625 g/mol. The number of hydrazine groups is 1. The summed E-state index contributed by atoms with van der Waals surface area (Å²) in [5, 5.41) is 5.51. The van der Waals surface area contributed by atoms with Crippen molar-refractivity contribution in [2.45, 2.75) is 93.0 Å². The van der Waals surface area contributed by atoms with Gasteiger partial charge in [0.1, 0.15) is 6.61 Å². The van der Waals surface area contributed by atoms with Crippen LogP contribution in [-0.4, -0.2) is 65.5 Å². The van der Waals surface area contributed by atoms with E-state index in [0.717, 1.165) is 6.42 Å². The molecule has 44 heavy (non-hydrogen) atoms. The predicted octanol–water partition coefficient (Wildman–Crippen LogP) is 4.98. The average molecular weight is 626 g/mol. The van der Waals surface area contributed by atoms with E-state index in [0.29, 0.717) is 48.7 Å². The summed E-state index contributed by atoms with van der Waals surface area (Å²) in [5.41, 5.74) is 8.51. The molecule has 0 spiro atoms. The van der Waals surface area contributed by atoms with Crippen LogP contribution >= 0.6 is 0 Å². The Labute approximate surface area is 261 Å². The second-order valence-electron chi connectivity index (χ2n) is 9.81. The predicted molar refractivity (Wildman–Crippen MR) is 172 cm³/mol. The zero-order chi connectivity index (χ0) is 33.9. The Bertz CT molecular complexity index is 1220. The number of esters is 1. The molecule has 3 rings (SSSR count). The second-order valence-corrected chi connectivity index (χ2v) is 9.81. The number of nitrogens with zero attached hydrogens (tertiary/aromatic N) is 5. The lowest BCUT2D eigenvalue weighted by Crippen LogP contribution is -2.43. The van der Waals surface area contributed by atoms with Gasteiger partial charge in [0.05, 0.1) is 42.1 Å². The van der Waals surface area contributed by atoms with Crippen molar-refractivity contribution in [3.05, 3.63) is 51.7 Å². The summed E-state index contributed by atoms with van der Waals surface area (Å²) in [4.78, 5) is 28.1. The number of pyridine rings is 1. The van der Waals surface area contributed by atoms with Crippen LogP contribution in [0.5, 0.6) is 5.88 Å². The number of piperidine rings is 1. The fourth-order valence-electron chi connectivity index (χ4n) is 3.90. The number of aromatic nitrogens is 3. The maximum atomic E-state index is 13.9. The molecular formula is C31H53F2N7O4. The van der Waals surface area contributed by atoms with Gasteiger partial charge in [0, 0.05) is 45.7 Å². The number of carbonyl (C=O) groups excluding carboxylic acids is 1. The van der Waals surface area contributed by atoms with E-state index >= 15 is 0 Å². The molecule has 0 amide bonds. The minimum absolute atomic E-state index is 0.0494. The summed E-state index contributed by atoms with van der Waals surface area (Å²) >= 11 is 0. The zero-order valence-electron chi connectivity index (χ0n) is 28.0. The molecule has 3 heterocycles. The largest absolute Gasteiger partial charge is 0.469 e. The summed E-state index contributed by atoms with van der Waals surface area (Å²) in [6.07, 6.45) is 4.59. The number of alkyl halides is 2. The van der Waals surface area contributed by atoms with E-state index in [1.807, 2.05) is 27.7 Å². The fraction of sp³-hybridized carbons (Fsp3) is 0.613. The Morgan fingerprint density at radius 1 is 1.16 bits per heavy atom. The van der Waals surface area contributed by atoms with Gasteiger partial charge in [-0.1, -0.05) is 48.0 Å². The van der Waals surface area contributed by atoms with Crippen LogP contribution in [0.25, 0.3) is 5.70 Å². The maximum absolute atomic E-state index is 13.9. The van der Waals surface area contributed by atoms with Gasteiger partial charge in [-0.15, -0.1) is 5.10 Å². The molecule has 1 fully saturated rings. The number of methoxy groups -OCH3 is 1. The molecule has 1 saturated heterocycles. The molecule has 0 aliphatic carbocycles. The van der Waals surface area contributed by atoms with Crippen LogP contribution in [-0.2, 0) is 22.5 Å². The normalized spacial score (nSPS) is 13.9. The van der Waals surface area contributed by atoms with E-state index in [1.165, 1.54) is 31.5 Å². The fourth-order valence-corrected chi connectivity index (χ4v) is 3.90. The highest BCUT2D eigenvalue weighted by Gasteiger charge is 2.36. The minimum Gasteiger partial charge on any atom is -0.469 e. The molecule has 11 nitrogen and oxygen atoms in total. The number of aryl methyl sites for hydroxylation is 2. The molecule has 2 aromatic rings. The topological polar surface area (TPSA) is 142 Å². The van der Waals surface area contributed by atoms with Gasteiger partial charge < -0.3 is 25.1 Å². The summed E-state index contributed by atoms with van der Waals surface area (Å²) in [6, 6.07) is 4.86. The first-order valence-corrected chi connectivity index (χ1v) is 15.2. The highest BCUT2D eigenvalue weighted by atomic mass is 19.3. The third kappa shape index (κ3) is 13.7. The molecule has 4 N–H and O–H groups in total. The van der Waals surface area contributed by atoms with Gasteiger partial charge in [-0.05, 0) is 31.4 Å². The van der Waals surface area contributed by atoms with Crippen LogP contribution in [0.2, 0.25) is 0 Å². The van der Waals surface area contributed by atoms with Crippen LogP contribution in [0.15, 0.2) is 34.9 Å². The Kier molecular flexibility index (Phi) is 19.3. The lowest BCUT2D eigenvalue weighted by Gasteiger charge is -2.35. The van der Waals surface area contributed by atoms with Crippen LogP contribution in [0.3, 0.4) is 0 Å². The standard InChI is InChI=1S/C23H33F2N7O2.C3H6O2.C3H8.C2H6/c1-4-11-32-13-9-20(33)22(29-32)34-14-19(30(3)27)21(26)17-7-8-18(16(5-2)28-17)31-12-6-10-23(24,25)15-31;1-3(4)5-2;1-3-2;1-2/h7-9,13H,4-6,10-12,14-15,26-27H2,1-3H3;1-2H3;3H2,1-2H3;1-2H3/b21-19-;;;. The van der Waals surface area contributed by atoms with E-state index in [4.69, 9.17) is 16.3 Å². The van der Waals surface area contributed by atoms with Crippen LogP contribution in [0.1, 0.15) is 85.5 Å². The molecule has 0 radical (unpaired) electrons. The first kappa shape index (κ1) is 40.3. The van der Waals surface area contributed by atoms with Crippen molar-refractivity contribution in [3.8, 4) is 5.88 Å². The van der Waals surface area contributed by atoms with E-state index < -0.39 is 5.92 Å². The van der Waals surface area contributed by atoms with Crippen LogP contribution in [0, 0.1) is 0 Å². The van der Waals surface area contributed by atoms with Gasteiger partial charge >= 0.3 is 5.97 Å². The van der Waals surface area contributed by atoms with Crippen LogP contribution in [0.4, 0.5) is 14.5 Å². The van der Waals surface area contributed by atoms with E-state index in [1.54, 1.807) is 35.0 Å². The van der Waals surface area contributed by atoms with E-state index in [2.05, 4.69) is 28.7 Å². The third-order valence-corrected chi connectivity index (χ3v) is 5.94. The number of nitrogens with two attached hydrogens (primary N) is 2. The van der Waals surface area contributed by atoms with Crippen molar-refractivity contribution in [1.29, 1.82) is 0 Å². The number of likely N-dealkylation sites (N-methyl/N-ethyl adjacent to an activating group) is 1. The van der Waals surface area contributed by atoms with Crippen molar-refractivity contribution in [3.63, 3.8) is 0 Å². The minimum atomic E-state index is -2.71. The van der Waals surface area contributed by atoms with Crippen molar-refractivity contribution >= 4 is 17.4 Å². The average Bonchev–Trinajstić information content (AvgIpc) is 2.99. The number of rotatable bonds is 9. The molecule has 13 heteroatoms. The Hall–Kier alpha value is -3.74. The Balaban J connectivity index is 0.00000162. The van der Waals surface area contributed by atoms with Crippen molar-refractivity contribution in [2.75, 3.05) is 38.8 Å². The molecule has 0 saturated carbocycles. The van der Waals surface area contributed by atoms with Crippen LogP contribution < -0.4 is 26.6 Å². The lowest BCUT2D eigenvalue weighted by molar-refractivity contribution is -0.137. The van der Waals surface area contributed by atoms with Crippen molar-refractivity contribution < 1.29 is 23.0 Å². The van der Waals surface area contributed by atoms with Crippen molar-refractivity contribution in [1.82, 2.24) is 19.8 Å². The summed E-state index contributed by atoms with van der Waals surface area (Å²) in [7, 11) is 2.95. The number of halogens is 2. The lowest BCUT2D eigenvalue weighted by atomic mass is 10.1. The summed E-state index contributed by atoms with van der Waals surface area (Å²) < 4.78 is 39.3. The number of hydrogen-bond donors (Lipinski definition) is 2. The Morgan fingerprint density at radius 2 is 1.77 bits per heavy atom. The van der Waals surface area contributed by atoms with Gasteiger partial charge in [0.15, 0.2) is 0 Å². The number of anilines is 1. The molecule has 1 aliphatic rings. The molecule has 2 aromatic heterocycles. The Morgan fingerprint density at radius 3 is 2.27 bits per heavy atom. The molecule has 0 atom stereocenters. The number of hydrogen-bond acceptors (Lipinski definition) is 10. The molecule has 0 unspecified atom stereocenters. The molecule has 0 aromatic carbocycles. The molecule has 250 valence electrons. The maximum Gasteiger partial charge on any atom is 0.302 e. The van der Waals surface area contributed by atoms with E-state index in [-0.39, 0.29) is 42.5 Å². The third-order valence-electron chi connectivity index (χ3n) is 5.94. The number of ether oxygens (including phenoxy) is 2. The van der Waals surface area contributed by atoms with Crippen molar-refractivity contribution in [2.24, 2.45) is 11.6 Å². The summed E-state index contributed by atoms with van der Waals surface area (Å²) in [5.74, 6) is 2.99. The van der Waals surface area contributed by atoms with Gasteiger partial charge in [-0.2, -0.15) is 0 Å². The molecular weight excluding hydrogens is 572 g/mol. The second kappa shape index (κ2) is 21.0. The quantitative estimate of drug-likeness (QED) is 0.223. The van der Waals surface area contributed by atoms with Gasteiger partial charge in [0.2, 0.25) is 5.43 Å². The highest BCUT2D eigenvalue weighted by molar-refractivity contribution is 5.66. The smallest absolute Gasteiger partial charge is 0.302 e. The first-order valence-electron chi connectivity index (χ1n) is 15.2. The zero-order valence-corrected chi connectivity index (χ0v) is 28.0. The van der Waals surface area contributed by atoms with Gasteiger partial charge in [-0.25, -0.2) is 19.6 Å². The highest BCUT2D eigenvalue weighted by Crippen LogP contribution is 2.32. The van der Waals surface area contributed by atoms with Gasteiger partial charge in [-0.3, -0.25) is 14.3 Å². The summed E-state index contributed by atoms with van der Waals surface area (Å²) in [6.45, 7) is 14.3. The molecule has 1 aliphatic heterocycles. The number of carbonyl (C=O) groups is 1. The first-order chi connectivity index (χ1) is 20.8. The molecule has 0 bridgehead atoms. The SMILES string of the molecule is CC.CCC.CCCn1ccc(=O)c(OC/C(=C(/N)c2ccc(N3CCCC(F)(F)C3)c(CC)n2)N(C)N)n1.COC(C)=O.